The van der Waals surface area contributed by atoms with Crippen molar-refractivity contribution in [3.63, 3.8) is 0 Å². The predicted octanol–water partition coefficient (Wildman–Crippen LogP) is 3.31. The van der Waals surface area contributed by atoms with Gasteiger partial charge >= 0.3 is 0 Å². The Kier molecular flexibility index (Phi) is 5.15. The maximum atomic E-state index is 6.26. The minimum atomic E-state index is -0.0346. The summed E-state index contributed by atoms with van der Waals surface area (Å²) in [4.78, 5) is 0. The Morgan fingerprint density at radius 3 is 2.65 bits per heavy atom. The minimum absolute atomic E-state index is 0.0346. The van der Waals surface area contributed by atoms with Crippen molar-refractivity contribution >= 4 is 11.6 Å². The highest BCUT2D eigenvalue weighted by atomic mass is 35.5. The summed E-state index contributed by atoms with van der Waals surface area (Å²) >= 11 is 6.26. The Hall–Kier alpha value is -1.39. The molecule has 1 heterocycles. The van der Waals surface area contributed by atoms with E-state index < -0.39 is 0 Å². The van der Waals surface area contributed by atoms with Gasteiger partial charge in [-0.25, -0.2) is 0 Å². The van der Waals surface area contributed by atoms with E-state index in [0.29, 0.717) is 16.5 Å². The van der Waals surface area contributed by atoms with Crippen LogP contribution in [0.3, 0.4) is 0 Å². The molecule has 0 bridgehead atoms. The van der Waals surface area contributed by atoms with E-state index >= 15 is 0 Å². The Morgan fingerprint density at radius 1 is 1.30 bits per heavy atom. The van der Waals surface area contributed by atoms with Gasteiger partial charge in [0.2, 0.25) is 0 Å². The molecule has 0 fully saturated rings. The quantitative estimate of drug-likeness (QED) is 0.905. The van der Waals surface area contributed by atoms with Gasteiger partial charge in [0.15, 0.2) is 11.5 Å². The maximum absolute atomic E-state index is 6.26. The van der Waals surface area contributed by atoms with Gasteiger partial charge in [0.25, 0.3) is 0 Å². The molecule has 1 aromatic carbocycles. The first-order valence-electron chi connectivity index (χ1n) is 6.62. The highest BCUT2D eigenvalue weighted by Crippen LogP contribution is 2.39. The van der Waals surface area contributed by atoms with Crippen LogP contribution in [0.15, 0.2) is 24.0 Å². The lowest BCUT2D eigenvalue weighted by molar-refractivity contribution is 0.169. The molecule has 5 heteroatoms. The number of allylic oxidation sites excluding steroid dienone is 1. The van der Waals surface area contributed by atoms with Gasteiger partial charge in [0, 0.05) is 0 Å². The van der Waals surface area contributed by atoms with Crippen LogP contribution < -0.4 is 14.8 Å². The van der Waals surface area contributed by atoms with Crippen molar-refractivity contribution < 1.29 is 14.2 Å². The van der Waals surface area contributed by atoms with Crippen LogP contribution in [0.5, 0.6) is 11.5 Å². The largest absolute Gasteiger partial charge is 0.496 e. The highest BCUT2D eigenvalue weighted by Gasteiger charge is 2.21. The molecular weight excluding hydrogens is 278 g/mol. The second-order valence-corrected chi connectivity index (χ2v) is 4.96. The zero-order valence-corrected chi connectivity index (χ0v) is 12.8. The molecule has 1 unspecified atom stereocenters. The van der Waals surface area contributed by atoms with E-state index in [4.69, 9.17) is 25.8 Å². The zero-order valence-electron chi connectivity index (χ0n) is 12.0. The van der Waals surface area contributed by atoms with Crippen LogP contribution >= 0.6 is 11.6 Å². The number of methoxy groups -OCH3 is 2. The van der Waals surface area contributed by atoms with E-state index in [0.717, 1.165) is 30.8 Å². The number of ether oxygens (including phenoxy) is 3. The zero-order chi connectivity index (χ0) is 14.5. The van der Waals surface area contributed by atoms with Crippen molar-refractivity contribution in [1.82, 2.24) is 5.32 Å². The summed E-state index contributed by atoms with van der Waals surface area (Å²) in [6.07, 6.45) is 4.22. The van der Waals surface area contributed by atoms with Gasteiger partial charge in [-0.05, 0) is 43.7 Å². The van der Waals surface area contributed by atoms with Gasteiger partial charge in [-0.1, -0.05) is 11.6 Å². The first-order valence-corrected chi connectivity index (χ1v) is 7.00. The third kappa shape index (κ3) is 3.02. The van der Waals surface area contributed by atoms with Gasteiger partial charge in [-0.2, -0.15) is 0 Å². The second-order valence-electron chi connectivity index (χ2n) is 4.56. The summed E-state index contributed by atoms with van der Waals surface area (Å²) in [5.74, 6) is 2.10. The third-order valence-electron chi connectivity index (χ3n) is 3.33. The lowest BCUT2D eigenvalue weighted by atomic mass is 10.0. The molecule has 0 saturated heterocycles. The Morgan fingerprint density at radius 2 is 2.10 bits per heavy atom. The smallest absolute Gasteiger partial charge is 0.179 e. The number of likely N-dealkylation sites (N-methyl/N-ethyl adjacent to an activating group) is 1. The molecule has 4 nitrogen and oxygen atoms in total. The fourth-order valence-electron chi connectivity index (χ4n) is 2.36. The molecule has 1 aliphatic rings. The fourth-order valence-corrected chi connectivity index (χ4v) is 2.65. The molecule has 1 aromatic rings. The van der Waals surface area contributed by atoms with E-state index in [1.807, 2.05) is 19.2 Å². The highest BCUT2D eigenvalue weighted by molar-refractivity contribution is 6.32. The molecule has 0 saturated carbocycles. The second kappa shape index (κ2) is 6.86. The van der Waals surface area contributed by atoms with Crippen molar-refractivity contribution in [3.05, 3.63) is 34.6 Å². The first-order chi connectivity index (χ1) is 9.71. The van der Waals surface area contributed by atoms with Crippen LogP contribution in [0.2, 0.25) is 5.02 Å². The first kappa shape index (κ1) is 15.0. The number of benzene rings is 1. The van der Waals surface area contributed by atoms with E-state index in [-0.39, 0.29) is 6.04 Å². The topological polar surface area (TPSA) is 39.7 Å². The maximum Gasteiger partial charge on any atom is 0.179 e. The van der Waals surface area contributed by atoms with Crippen LogP contribution in [0, 0.1) is 0 Å². The summed E-state index contributed by atoms with van der Waals surface area (Å²) < 4.78 is 16.3. The molecule has 0 spiro atoms. The van der Waals surface area contributed by atoms with Crippen LogP contribution in [-0.4, -0.2) is 27.9 Å². The standard InChI is InChI=1S/C15H20ClNO3/c1-17-14(12-6-4-5-7-20-12)10-8-11(16)15(19-3)13(9-10)18-2/h6,8-9,14,17H,4-5,7H2,1-3H3. The molecule has 0 aliphatic carbocycles. The summed E-state index contributed by atoms with van der Waals surface area (Å²) in [6.45, 7) is 0.755. The molecule has 1 atom stereocenters. The summed E-state index contributed by atoms with van der Waals surface area (Å²) in [5.41, 5.74) is 0.989. The van der Waals surface area contributed by atoms with Crippen LogP contribution in [0.1, 0.15) is 24.4 Å². The van der Waals surface area contributed by atoms with E-state index in [9.17, 15) is 0 Å². The van der Waals surface area contributed by atoms with E-state index in [2.05, 4.69) is 11.4 Å². The van der Waals surface area contributed by atoms with Crippen molar-refractivity contribution in [2.75, 3.05) is 27.9 Å². The van der Waals surface area contributed by atoms with E-state index in [1.165, 1.54) is 0 Å². The molecule has 0 amide bonds. The van der Waals surface area contributed by atoms with Crippen molar-refractivity contribution in [1.29, 1.82) is 0 Å². The summed E-state index contributed by atoms with van der Waals surface area (Å²) in [7, 11) is 5.07. The van der Waals surface area contributed by atoms with Crippen molar-refractivity contribution in [2.24, 2.45) is 0 Å². The molecule has 1 aliphatic heterocycles. The van der Waals surface area contributed by atoms with Gasteiger partial charge < -0.3 is 19.5 Å². The number of nitrogens with one attached hydrogen (secondary N) is 1. The lowest BCUT2D eigenvalue weighted by Gasteiger charge is -2.24. The third-order valence-corrected chi connectivity index (χ3v) is 3.61. The van der Waals surface area contributed by atoms with Gasteiger partial charge in [-0.3, -0.25) is 0 Å². The van der Waals surface area contributed by atoms with Gasteiger partial charge in [0.1, 0.15) is 5.76 Å². The summed E-state index contributed by atoms with van der Waals surface area (Å²) in [6, 6.07) is 3.76. The average molecular weight is 298 g/mol. The normalized spacial score (nSPS) is 16.1. The lowest BCUT2D eigenvalue weighted by Crippen LogP contribution is -2.22. The van der Waals surface area contributed by atoms with Crippen LogP contribution in [-0.2, 0) is 4.74 Å². The molecule has 2 rings (SSSR count). The van der Waals surface area contributed by atoms with Crippen molar-refractivity contribution in [2.45, 2.75) is 18.9 Å². The van der Waals surface area contributed by atoms with Crippen LogP contribution in [0.4, 0.5) is 0 Å². The molecule has 0 aromatic heterocycles. The molecule has 20 heavy (non-hydrogen) atoms. The fraction of sp³-hybridized carbons (Fsp3) is 0.467. The van der Waals surface area contributed by atoms with Gasteiger partial charge in [0.05, 0.1) is 31.9 Å². The SMILES string of the molecule is CNC(C1=CCCCO1)c1cc(Cl)c(OC)c(OC)c1. The number of hydrogen-bond acceptors (Lipinski definition) is 4. The average Bonchev–Trinajstić information content (AvgIpc) is 2.48. The predicted molar refractivity (Wildman–Crippen MR) is 79.6 cm³/mol. The monoisotopic (exact) mass is 297 g/mol. The number of rotatable bonds is 5. The summed E-state index contributed by atoms with van der Waals surface area (Å²) in [5, 5.41) is 3.78. The molecule has 110 valence electrons. The Bertz CT molecular complexity index is 502. The van der Waals surface area contributed by atoms with Crippen molar-refractivity contribution in [3.8, 4) is 11.5 Å². The van der Waals surface area contributed by atoms with E-state index in [1.54, 1.807) is 14.2 Å². The minimum Gasteiger partial charge on any atom is -0.496 e. The number of hydrogen-bond donors (Lipinski definition) is 1. The Balaban J connectivity index is 2.39. The molecular formula is C15H20ClNO3. The molecule has 1 N–H and O–H groups in total. The van der Waals surface area contributed by atoms with Gasteiger partial charge in [-0.15, -0.1) is 0 Å². The molecule has 0 radical (unpaired) electrons. The number of halogens is 1. The Labute approximate surface area is 124 Å². The van der Waals surface area contributed by atoms with Crippen LogP contribution in [0.25, 0.3) is 0 Å².